The molecule has 0 spiro atoms. The van der Waals surface area contributed by atoms with Crippen LogP contribution in [0.5, 0.6) is 0 Å². The first kappa shape index (κ1) is 17.9. The van der Waals surface area contributed by atoms with Crippen molar-refractivity contribution in [2.24, 2.45) is 14.1 Å². The summed E-state index contributed by atoms with van der Waals surface area (Å²) < 4.78 is 3.69. The number of imidazole rings is 1. The normalized spacial score (nSPS) is 12.3. The fourth-order valence-electron chi connectivity index (χ4n) is 2.83. The molecule has 0 bridgehead atoms. The molecule has 9 heteroatoms. The molecule has 1 unspecified atom stereocenters. The molecule has 8 nitrogen and oxygen atoms in total. The molecule has 0 radical (unpaired) electrons. The molecule has 2 heterocycles. The van der Waals surface area contributed by atoms with Crippen LogP contribution in [0.2, 0.25) is 5.02 Å². The fourth-order valence-corrected chi connectivity index (χ4v) is 3.02. The number of hydrogen-bond donors (Lipinski definition) is 1. The third kappa shape index (κ3) is 3.15. The highest BCUT2D eigenvalue weighted by molar-refractivity contribution is 6.30. The lowest BCUT2D eigenvalue weighted by atomic mass is 10.1. The van der Waals surface area contributed by atoms with Crippen LogP contribution in [-0.4, -0.2) is 24.6 Å². The Morgan fingerprint density at radius 1 is 1.31 bits per heavy atom. The molecular formula is C17H18ClN5O3. The van der Waals surface area contributed by atoms with E-state index >= 15 is 0 Å². The van der Waals surface area contributed by atoms with Crippen LogP contribution < -0.4 is 16.6 Å². The molecule has 3 rings (SSSR count). The van der Waals surface area contributed by atoms with E-state index in [1.165, 1.54) is 22.5 Å². The first-order valence-electron chi connectivity index (χ1n) is 7.95. The number of aryl methyl sites for hydroxylation is 2. The fraction of sp³-hybridized carbons (Fsp3) is 0.294. The molecule has 26 heavy (non-hydrogen) atoms. The van der Waals surface area contributed by atoms with Crippen LogP contribution in [0.15, 0.2) is 40.2 Å². The molecule has 3 aromatic rings. The van der Waals surface area contributed by atoms with Crippen LogP contribution >= 0.6 is 11.6 Å². The number of hydrogen-bond acceptors (Lipinski definition) is 4. The minimum Gasteiger partial charge on any atom is -0.348 e. The standard InChI is InChI=1S/C17H18ClN5O3/c1-10(11-5-4-6-12(18)7-11)20-13(24)8-23-16(25)14-15(19-9-21(14)2)22(3)17(23)26/h4-7,9-10H,8H2,1-3H3,(H,20,24). The number of nitrogens with one attached hydrogen (secondary N) is 1. The van der Waals surface area contributed by atoms with Gasteiger partial charge in [-0.2, -0.15) is 0 Å². The SMILES string of the molecule is CC(NC(=O)Cn1c(=O)c2c(ncn2C)n(C)c1=O)c1cccc(Cl)c1. The van der Waals surface area contributed by atoms with Crippen molar-refractivity contribution >= 4 is 28.7 Å². The first-order chi connectivity index (χ1) is 12.3. The lowest BCUT2D eigenvalue weighted by Gasteiger charge is -2.15. The molecule has 0 aliphatic heterocycles. The summed E-state index contributed by atoms with van der Waals surface area (Å²) in [5, 5.41) is 3.34. The van der Waals surface area contributed by atoms with Crippen LogP contribution in [0.1, 0.15) is 18.5 Å². The van der Waals surface area contributed by atoms with Gasteiger partial charge in [-0.15, -0.1) is 0 Å². The quantitative estimate of drug-likeness (QED) is 0.735. The van der Waals surface area contributed by atoms with Gasteiger partial charge in [-0.1, -0.05) is 23.7 Å². The third-order valence-corrected chi connectivity index (χ3v) is 4.46. The monoisotopic (exact) mass is 375 g/mol. The van der Waals surface area contributed by atoms with Gasteiger partial charge in [0.15, 0.2) is 11.2 Å². The molecule has 1 aromatic carbocycles. The van der Waals surface area contributed by atoms with Crippen molar-refractivity contribution in [3.05, 3.63) is 62.0 Å². The predicted octanol–water partition coefficient (Wildman–Crippen LogP) is 0.964. The van der Waals surface area contributed by atoms with E-state index in [9.17, 15) is 14.4 Å². The lowest BCUT2D eigenvalue weighted by Crippen LogP contribution is -2.43. The number of benzene rings is 1. The van der Waals surface area contributed by atoms with Crippen molar-refractivity contribution < 1.29 is 4.79 Å². The van der Waals surface area contributed by atoms with Crippen molar-refractivity contribution in [1.29, 1.82) is 0 Å². The summed E-state index contributed by atoms with van der Waals surface area (Å²) in [6.07, 6.45) is 1.46. The molecule has 0 saturated carbocycles. The maximum atomic E-state index is 12.6. The second-order valence-corrected chi connectivity index (χ2v) is 6.54. The topological polar surface area (TPSA) is 90.9 Å². The average Bonchev–Trinajstić information content (AvgIpc) is 2.98. The van der Waals surface area contributed by atoms with E-state index in [0.717, 1.165) is 10.1 Å². The molecule has 0 saturated heterocycles. The Balaban J connectivity index is 1.89. The summed E-state index contributed by atoms with van der Waals surface area (Å²) >= 11 is 5.96. The van der Waals surface area contributed by atoms with Gasteiger partial charge < -0.3 is 9.88 Å². The number of amides is 1. The lowest BCUT2D eigenvalue weighted by molar-refractivity contribution is -0.122. The van der Waals surface area contributed by atoms with Gasteiger partial charge in [0.2, 0.25) is 5.91 Å². The number of carbonyl (C=O) groups is 1. The first-order valence-corrected chi connectivity index (χ1v) is 8.33. The van der Waals surface area contributed by atoms with Crippen LogP contribution in [0.4, 0.5) is 0 Å². The summed E-state index contributed by atoms with van der Waals surface area (Å²) in [5.74, 6) is -0.446. The maximum absolute atomic E-state index is 12.6. The van der Waals surface area contributed by atoms with E-state index in [4.69, 9.17) is 11.6 Å². The van der Waals surface area contributed by atoms with E-state index in [0.29, 0.717) is 5.02 Å². The number of carbonyl (C=O) groups excluding carboxylic acids is 1. The zero-order valence-corrected chi connectivity index (χ0v) is 15.3. The van der Waals surface area contributed by atoms with E-state index in [2.05, 4.69) is 10.3 Å². The van der Waals surface area contributed by atoms with Crippen LogP contribution in [0.3, 0.4) is 0 Å². The summed E-state index contributed by atoms with van der Waals surface area (Å²) in [7, 11) is 3.17. The predicted molar refractivity (Wildman–Crippen MR) is 98.2 cm³/mol. The van der Waals surface area contributed by atoms with Gasteiger partial charge >= 0.3 is 5.69 Å². The summed E-state index contributed by atoms with van der Waals surface area (Å²) in [5.41, 5.74) is 0.239. The number of nitrogens with zero attached hydrogens (tertiary/aromatic N) is 4. The number of rotatable bonds is 4. The Labute approximate surface area is 153 Å². The maximum Gasteiger partial charge on any atom is 0.332 e. The van der Waals surface area contributed by atoms with Crippen LogP contribution in [0.25, 0.3) is 11.2 Å². The Kier molecular flexibility index (Phi) is 4.69. The van der Waals surface area contributed by atoms with Gasteiger partial charge in [0, 0.05) is 19.1 Å². The number of fused-ring (bicyclic) bond motifs is 1. The van der Waals surface area contributed by atoms with Gasteiger partial charge in [-0.25, -0.2) is 14.3 Å². The summed E-state index contributed by atoms with van der Waals surface area (Å²) in [6.45, 7) is 1.42. The highest BCUT2D eigenvalue weighted by atomic mass is 35.5. The Hall–Kier alpha value is -2.87. The average molecular weight is 376 g/mol. The van der Waals surface area contributed by atoms with E-state index in [1.807, 2.05) is 6.07 Å². The van der Waals surface area contributed by atoms with Gasteiger partial charge in [-0.05, 0) is 24.6 Å². The van der Waals surface area contributed by atoms with E-state index < -0.39 is 17.2 Å². The molecule has 0 fully saturated rings. The van der Waals surface area contributed by atoms with E-state index in [1.54, 1.807) is 32.2 Å². The Bertz CT molecular complexity index is 1110. The largest absolute Gasteiger partial charge is 0.348 e. The smallest absolute Gasteiger partial charge is 0.332 e. The Morgan fingerprint density at radius 2 is 2.04 bits per heavy atom. The zero-order valence-electron chi connectivity index (χ0n) is 14.6. The summed E-state index contributed by atoms with van der Waals surface area (Å²) in [6, 6.07) is 6.80. The molecule has 1 amide bonds. The van der Waals surface area contributed by atoms with Gasteiger partial charge in [-0.3, -0.25) is 14.2 Å². The van der Waals surface area contributed by atoms with Gasteiger partial charge in [0.25, 0.3) is 5.56 Å². The molecule has 1 atom stereocenters. The summed E-state index contributed by atoms with van der Waals surface area (Å²) in [4.78, 5) is 41.5. The molecular weight excluding hydrogens is 358 g/mol. The second kappa shape index (κ2) is 6.80. The van der Waals surface area contributed by atoms with Crippen molar-refractivity contribution in [2.45, 2.75) is 19.5 Å². The van der Waals surface area contributed by atoms with Gasteiger partial charge in [0.05, 0.1) is 12.4 Å². The molecule has 136 valence electrons. The van der Waals surface area contributed by atoms with Crippen molar-refractivity contribution in [2.75, 3.05) is 0 Å². The van der Waals surface area contributed by atoms with Gasteiger partial charge in [0.1, 0.15) is 6.54 Å². The highest BCUT2D eigenvalue weighted by Gasteiger charge is 2.18. The van der Waals surface area contributed by atoms with Crippen LogP contribution in [-0.2, 0) is 25.4 Å². The van der Waals surface area contributed by atoms with Crippen LogP contribution in [0, 0.1) is 0 Å². The van der Waals surface area contributed by atoms with Crippen molar-refractivity contribution in [1.82, 2.24) is 24.0 Å². The number of halogens is 1. The third-order valence-electron chi connectivity index (χ3n) is 4.23. The molecule has 2 aromatic heterocycles. The number of aromatic nitrogens is 4. The second-order valence-electron chi connectivity index (χ2n) is 6.10. The molecule has 0 aliphatic rings. The minimum absolute atomic E-state index is 0.266. The minimum atomic E-state index is -0.591. The van der Waals surface area contributed by atoms with Crippen molar-refractivity contribution in [3.8, 4) is 0 Å². The zero-order chi connectivity index (χ0) is 19.0. The molecule has 1 N–H and O–H groups in total. The van der Waals surface area contributed by atoms with E-state index in [-0.39, 0.29) is 23.8 Å². The highest BCUT2D eigenvalue weighted by Crippen LogP contribution is 2.17. The van der Waals surface area contributed by atoms with Crippen molar-refractivity contribution in [3.63, 3.8) is 0 Å². The molecule has 0 aliphatic carbocycles. The Morgan fingerprint density at radius 3 is 2.73 bits per heavy atom.